The fourth-order valence-electron chi connectivity index (χ4n) is 5.68. The highest BCUT2D eigenvalue weighted by Gasteiger charge is 2.36. The summed E-state index contributed by atoms with van der Waals surface area (Å²) >= 11 is 1.96. The van der Waals surface area contributed by atoms with Crippen LogP contribution in [0.4, 0.5) is 0 Å². The Morgan fingerprint density at radius 2 is 1.91 bits per heavy atom. The predicted molar refractivity (Wildman–Crippen MR) is 130 cm³/mol. The normalized spacial score (nSPS) is 35.4. The van der Waals surface area contributed by atoms with Gasteiger partial charge in [0.15, 0.2) is 0 Å². The maximum Gasteiger partial charge on any atom is 0.237 e. The molecule has 33 heavy (non-hydrogen) atoms. The molecule has 0 aromatic heterocycles. The molecule has 188 valence electrons. The minimum atomic E-state index is -0.294. The Labute approximate surface area is 202 Å². The van der Waals surface area contributed by atoms with E-state index < -0.39 is 0 Å². The summed E-state index contributed by atoms with van der Waals surface area (Å²) in [6.45, 7) is 5.12. The Balaban J connectivity index is 1.24. The zero-order valence-corrected chi connectivity index (χ0v) is 20.9. The number of aliphatic hydroxyl groups excluding tert-OH is 1. The summed E-state index contributed by atoms with van der Waals surface area (Å²) in [5.74, 6) is 0.698. The van der Waals surface area contributed by atoms with E-state index in [0.29, 0.717) is 55.6 Å². The number of hydrogen-bond acceptors (Lipinski definition) is 8. The van der Waals surface area contributed by atoms with E-state index in [-0.39, 0.29) is 35.9 Å². The number of likely N-dealkylation sites (tertiary alicyclic amines) is 1. The maximum atomic E-state index is 13.1. The van der Waals surface area contributed by atoms with Crippen molar-refractivity contribution in [3.63, 3.8) is 0 Å². The van der Waals surface area contributed by atoms with Crippen LogP contribution in [0, 0.1) is 11.8 Å². The Bertz CT molecular complexity index is 677. The fourth-order valence-corrected chi connectivity index (χ4v) is 6.99. The van der Waals surface area contributed by atoms with E-state index in [1.165, 1.54) is 6.42 Å². The van der Waals surface area contributed by atoms with Gasteiger partial charge in [-0.2, -0.15) is 0 Å². The van der Waals surface area contributed by atoms with Gasteiger partial charge < -0.3 is 20.6 Å². The summed E-state index contributed by atoms with van der Waals surface area (Å²) in [5, 5.41) is 16.9. The Hall–Kier alpha value is -0.910. The van der Waals surface area contributed by atoms with Crippen molar-refractivity contribution in [3.05, 3.63) is 0 Å². The van der Waals surface area contributed by atoms with Crippen LogP contribution in [0.3, 0.4) is 0 Å². The van der Waals surface area contributed by atoms with Gasteiger partial charge in [-0.1, -0.05) is 13.3 Å². The number of piperidine rings is 2. The highest BCUT2D eigenvalue weighted by molar-refractivity contribution is 8.00. The van der Waals surface area contributed by atoms with Crippen molar-refractivity contribution in [1.29, 1.82) is 0 Å². The van der Waals surface area contributed by atoms with Crippen molar-refractivity contribution in [2.24, 2.45) is 11.8 Å². The second-order valence-corrected chi connectivity index (χ2v) is 11.8. The third-order valence-electron chi connectivity index (χ3n) is 7.87. The van der Waals surface area contributed by atoms with Crippen LogP contribution in [0.15, 0.2) is 0 Å². The molecule has 1 aliphatic carbocycles. The molecule has 5 N–H and O–H groups in total. The molecule has 0 aromatic carbocycles. The molecule has 1 saturated carbocycles. The number of thioether (sulfide) groups is 1. The van der Waals surface area contributed by atoms with Crippen molar-refractivity contribution < 1.29 is 14.7 Å². The molecule has 0 radical (unpaired) electrons. The Morgan fingerprint density at radius 1 is 1.12 bits per heavy atom. The molecule has 4 aliphatic rings. The van der Waals surface area contributed by atoms with E-state index in [1.54, 1.807) is 0 Å². The molecule has 5 unspecified atom stereocenters. The number of rotatable bonds is 6. The molecule has 10 heteroatoms. The minimum absolute atomic E-state index is 0.0499. The first-order valence-electron chi connectivity index (χ1n) is 12.8. The number of hydrazine groups is 1. The van der Waals surface area contributed by atoms with Crippen molar-refractivity contribution in [2.45, 2.75) is 87.2 Å². The third kappa shape index (κ3) is 6.61. The summed E-state index contributed by atoms with van der Waals surface area (Å²) in [6, 6.07) is -0.0779. The maximum absolute atomic E-state index is 13.1. The Kier molecular flexibility index (Phi) is 8.92. The highest BCUT2D eigenvalue weighted by atomic mass is 32.2. The summed E-state index contributed by atoms with van der Waals surface area (Å²) in [4.78, 5) is 30.2. The second kappa shape index (κ2) is 11.7. The van der Waals surface area contributed by atoms with Crippen LogP contribution in [0.2, 0.25) is 0 Å². The van der Waals surface area contributed by atoms with Gasteiger partial charge in [0.25, 0.3) is 0 Å². The molecular weight excluding hydrogens is 440 g/mol. The second-order valence-electron chi connectivity index (χ2n) is 10.3. The molecule has 9 nitrogen and oxygen atoms in total. The fraction of sp³-hybridized carbons (Fsp3) is 0.913. The monoisotopic (exact) mass is 482 g/mol. The SMILES string of the molecule is C[C@H](SC1NNCN1C)C1CCCC(NC(=O)C2CC(C(=O)N3CCC(O)CC3)CCN2)C1. The molecule has 3 heterocycles. The number of amides is 2. The van der Waals surface area contributed by atoms with Gasteiger partial charge >= 0.3 is 0 Å². The lowest BCUT2D eigenvalue weighted by atomic mass is 9.83. The van der Waals surface area contributed by atoms with Crippen molar-refractivity contribution in [2.75, 3.05) is 33.4 Å². The van der Waals surface area contributed by atoms with Crippen LogP contribution in [0.5, 0.6) is 0 Å². The van der Waals surface area contributed by atoms with Crippen molar-refractivity contribution >= 4 is 23.6 Å². The molecule has 0 bridgehead atoms. The van der Waals surface area contributed by atoms with E-state index in [9.17, 15) is 14.7 Å². The number of carbonyl (C=O) groups is 2. The largest absolute Gasteiger partial charge is 0.393 e. The lowest BCUT2D eigenvalue weighted by molar-refractivity contribution is -0.139. The summed E-state index contributed by atoms with van der Waals surface area (Å²) in [6.07, 6.45) is 6.79. The van der Waals surface area contributed by atoms with E-state index in [1.807, 2.05) is 16.7 Å². The minimum Gasteiger partial charge on any atom is -0.393 e. The molecular formula is C23H42N6O3S. The van der Waals surface area contributed by atoms with Gasteiger partial charge in [-0.3, -0.25) is 14.5 Å². The highest BCUT2D eigenvalue weighted by Crippen LogP contribution is 2.35. The van der Waals surface area contributed by atoms with Gasteiger partial charge in [-0.25, -0.2) is 10.9 Å². The standard InChI is InChI=1S/C23H42N6O3S/c1-15(33-23-27-25-14-28(23)2)16-4-3-5-18(12-16)26-21(31)20-13-17(6-9-24-20)22(32)29-10-7-19(30)8-11-29/h15-20,23-25,27,30H,3-14H2,1-2H3,(H,26,31)/t15-,16?,17?,18?,20?,23?/m0/s1. The van der Waals surface area contributed by atoms with Crippen molar-refractivity contribution in [3.8, 4) is 0 Å². The lowest BCUT2D eigenvalue weighted by Gasteiger charge is -2.37. The number of nitrogens with one attached hydrogen (secondary N) is 4. The van der Waals surface area contributed by atoms with Crippen LogP contribution in [-0.2, 0) is 9.59 Å². The first-order chi connectivity index (χ1) is 15.9. The third-order valence-corrected chi connectivity index (χ3v) is 9.42. The van der Waals surface area contributed by atoms with E-state index in [4.69, 9.17) is 0 Å². The molecule has 4 fully saturated rings. The summed E-state index contributed by atoms with van der Waals surface area (Å²) in [5.41, 5.74) is 6.80. The summed E-state index contributed by atoms with van der Waals surface area (Å²) < 4.78 is 0. The van der Waals surface area contributed by atoms with Crippen LogP contribution >= 0.6 is 11.8 Å². The number of hydrogen-bond donors (Lipinski definition) is 5. The van der Waals surface area contributed by atoms with Gasteiger partial charge in [0, 0.05) is 30.3 Å². The van der Waals surface area contributed by atoms with Crippen LogP contribution in [0.1, 0.15) is 58.3 Å². The topological polar surface area (TPSA) is 109 Å². The number of carbonyl (C=O) groups excluding carboxylic acids is 2. The molecule has 3 aliphatic heterocycles. The van der Waals surface area contributed by atoms with Crippen LogP contribution in [0.25, 0.3) is 0 Å². The van der Waals surface area contributed by atoms with Gasteiger partial charge in [-0.15, -0.1) is 11.8 Å². The van der Waals surface area contributed by atoms with Gasteiger partial charge in [0.1, 0.15) is 5.50 Å². The van der Waals surface area contributed by atoms with Gasteiger partial charge in [-0.05, 0) is 64.5 Å². The lowest BCUT2D eigenvalue weighted by Crippen LogP contribution is -2.54. The zero-order valence-electron chi connectivity index (χ0n) is 20.1. The Morgan fingerprint density at radius 3 is 2.64 bits per heavy atom. The molecule has 2 amide bonds. The first-order valence-corrected chi connectivity index (χ1v) is 13.7. The van der Waals surface area contributed by atoms with E-state index in [0.717, 1.165) is 32.4 Å². The smallest absolute Gasteiger partial charge is 0.237 e. The summed E-state index contributed by atoms with van der Waals surface area (Å²) in [7, 11) is 2.12. The van der Waals surface area contributed by atoms with Crippen molar-refractivity contribution in [1.82, 2.24) is 31.3 Å². The van der Waals surface area contributed by atoms with Gasteiger partial charge in [0.2, 0.25) is 11.8 Å². The van der Waals surface area contributed by atoms with Gasteiger partial charge in [0.05, 0.1) is 18.8 Å². The quantitative estimate of drug-likeness (QED) is 0.371. The predicted octanol–water partition coefficient (Wildman–Crippen LogP) is 0.415. The first kappa shape index (κ1) is 25.2. The average molecular weight is 483 g/mol. The number of aliphatic hydroxyl groups is 1. The zero-order chi connectivity index (χ0) is 23.4. The number of nitrogens with zero attached hydrogens (tertiary/aromatic N) is 2. The molecule has 3 saturated heterocycles. The van der Waals surface area contributed by atoms with Crippen LogP contribution in [-0.4, -0.2) is 89.0 Å². The molecule has 0 aromatic rings. The molecule has 4 rings (SSSR count). The van der Waals surface area contributed by atoms with E-state index in [2.05, 4.69) is 40.4 Å². The molecule has 6 atom stereocenters. The van der Waals surface area contributed by atoms with Crippen LogP contribution < -0.4 is 21.5 Å². The molecule has 0 spiro atoms. The average Bonchev–Trinajstić information content (AvgIpc) is 3.23. The van der Waals surface area contributed by atoms with E-state index >= 15 is 0 Å².